The molecule has 0 radical (unpaired) electrons. The van der Waals surface area contributed by atoms with E-state index in [9.17, 15) is 8.42 Å². The van der Waals surface area contributed by atoms with Crippen LogP contribution in [0.5, 0.6) is 0 Å². The second-order valence-electron chi connectivity index (χ2n) is 5.37. The lowest BCUT2D eigenvalue weighted by Gasteiger charge is -2.25. The minimum absolute atomic E-state index is 0.197. The predicted octanol–water partition coefficient (Wildman–Crippen LogP) is 3.70. The van der Waals surface area contributed by atoms with Crippen LogP contribution in [-0.2, 0) is 20.5 Å². The van der Waals surface area contributed by atoms with Gasteiger partial charge in [-0.1, -0.05) is 29.3 Å². The molecule has 0 N–H and O–H groups in total. The van der Waals surface area contributed by atoms with Gasteiger partial charge in [-0.15, -0.1) is 11.8 Å². The number of morpholine rings is 1. The molecular weight excluding hydrogens is 403 g/mol. The monoisotopic (exact) mass is 418 g/mol. The molecule has 0 spiro atoms. The van der Waals surface area contributed by atoms with Crippen LogP contribution in [0.1, 0.15) is 5.56 Å². The summed E-state index contributed by atoms with van der Waals surface area (Å²) in [5.74, 6) is 0.624. The highest BCUT2D eigenvalue weighted by molar-refractivity contribution is 7.98. The Balaban J connectivity index is 1.67. The third-order valence-electron chi connectivity index (χ3n) is 3.71. The summed E-state index contributed by atoms with van der Waals surface area (Å²) in [5, 5.41) is 1.92. The first kappa shape index (κ1) is 18.9. The molecule has 1 aliphatic heterocycles. The molecule has 25 heavy (non-hydrogen) atoms. The van der Waals surface area contributed by atoms with Gasteiger partial charge >= 0.3 is 0 Å². The number of hydrogen-bond acceptors (Lipinski definition) is 5. The molecule has 2 aromatic rings. The minimum atomic E-state index is -3.51. The molecule has 0 bridgehead atoms. The van der Waals surface area contributed by atoms with Gasteiger partial charge in [0.1, 0.15) is 4.90 Å². The number of thioether (sulfide) groups is 1. The van der Waals surface area contributed by atoms with Crippen LogP contribution in [0.4, 0.5) is 0 Å². The van der Waals surface area contributed by atoms with Crippen molar-refractivity contribution in [2.24, 2.45) is 0 Å². The SMILES string of the molecule is O=S(=O)(c1ccc(SCc2ccc(Cl)cc2Cl)nc1)N1CCOCC1. The minimum Gasteiger partial charge on any atom is -0.379 e. The Kier molecular flexibility index (Phi) is 6.25. The first-order chi connectivity index (χ1) is 12.0. The van der Waals surface area contributed by atoms with Gasteiger partial charge in [-0.2, -0.15) is 4.31 Å². The van der Waals surface area contributed by atoms with E-state index in [1.807, 2.05) is 6.07 Å². The molecule has 0 unspecified atom stereocenters. The van der Waals surface area contributed by atoms with E-state index in [1.165, 1.54) is 22.3 Å². The molecule has 0 aliphatic carbocycles. The Labute approximate surface area is 161 Å². The number of benzene rings is 1. The van der Waals surface area contributed by atoms with Gasteiger partial charge in [0.05, 0.1) is 18.2 Å². The van der Waals surface area contributed by atoms with Crippen LogP contribution in [0.2, 0.25) is 10.0 Å². The summed E-state index contributed by atoms with van der Waals surface area (Å²) in [6.45, 7) is 1.58. The highest BCUT2D eigenvalue weighted by atomic mass is 35.5. The van der Waals surface area contributed by atoms with Crippen molar-refractivity contribution < 1.29 is 13.2 Å². The van der Waals surface area contributed by atoms with Crippen LogP contribution in [0.15, 0.2) is 46.5 Å². The third-order valence-corrected chi connectivity index (χ3v) is 7.17. The Morgan fingerprint density at radius 1 is 1.16 bits per heavy atom. The van der Waals surface area contributed by atoms with E-state index < -0.39 is 10.0 Å². The maximum atomic E-state index is 12.5. The fraction of sp³-hybridized carbons (Fsp3) is 0.312. The van der Waals surface area contributed by atoms with Crippen molar-refractivity contribution in [1.29, 1.82) is 0 Å². The molecule has 1 saturated heterocycles. The molecule has 1 aliphatic rings. The molecular formula is C16H16Cl2N2O3S2. The summed E-state index contributed by atoms with van der Waals surface area (Å²) >= 11 is 13.5. The molecule has 134 valence electrons. The number of ether oxygens (including phenoxy) is 1. The molecule has 0 saturated carbocycles. The van der Waals surface area contributed by atoms with Gasteiger partial charge in [0.2, 0.25) is 10.0 Å². The first-order valence-corrected chi connectivity index (χ1v) is 10.8. The second-order valence-corrected chi connectivity index (χ2v) is 9.15. The van der Waals surface area contributed by atoms with Gasteiger partial charge in [0.15, 0.2) is 0 Å². The maximum absolute atomic E-state index is 12.5. The van der Waals surface area contributed by atoms with Gasteiger partial charge in [-0.05, 0) is 29.8 Å². The van der Waals surface area contributed by atoms with E-state index in [1.54, 1.807) is 24.3 Å². The zero-order chi connectivity index (χ0) is 17.9. The Morgan fingerprint density at radius 3 is 2.56 bits per heavy atom. The summed E-state index contributed by atoms with van der Waals surface area (Å²) in [4.78, 5) is 4.46. The number of pyridine rings is 1. The number of aromatic nitrogens is 1. The van der Waals surface area contributed by atoms with Crippen molar-refractivity contribution >= 4 is 45.0 Å². The Morgan fingerprint density at radius 2 is 1.92 bits per heavy atom. The molecule has 1 aromatic carbocycles. The van der Waals surface area contributed by atoms with Crippen molar-refractivity contribution in [1.82, 2.24) is 9.29 Å². The van der Waals surface area contributed by atoms with Crippen molar-refractivity contribution in [3.63, 3.8) is 0 Å². The molecule has 5 nitrogen and oxygen atoms in total. The van der Waals surface area contributed by atoms with Crippen molar-refractivity contribution in [2.75, 3.05) is 26.3 Å². The lowest BCUT2D eigenvalue weighted by molar-refractivity contribution is 0.0730. The fourth-order valence-electron chi connectivity index (χ4n) is 2.33. The number of halogens is 2. The van der Waals surface area contributed by atoms with Gasteiger partial charge < -0.3 is 4.74 Å². The van der Waals surface area contributed by atoms with Crippen molar-refractivity contribution in [3.8, 4) is 0 Å². The summed E-state index contributed by atoms with van der Waals surface area (Å²) in [5.41, 5.74) is 0.947. The zero-order valence-electron chi connectivity index (χ0n) is 13.2. The predicted molar refractivity (Wildman–Crippen MR) is 99.8 cm³/mol. The smallest absolute Gasteiger partial charge is 0.244 e. The highest BCUT2D eigenvalue weighted by Crippen LogP contribution is 2.28. The van der Waals surface area contributed by atoms with Gasteiger partial charge in [0, 0.05) is 35.1 Å². The normalized spacial score (nSPS) is 16.1. The molecule has 9 heteroatoms. The van der Waals surface area contributed by atoms with Crippen LogP contribution >= 0.6 is 35.0 Å². The third kappa shape index (κ3) is 4.67. The molecule has 0 atom stereocenters. The van der Waals surface area contributed by atoms with Crippen molar-refractivity contribution in [3.05, 3.63) is 52.1 Å². The van der Waals surface area contributed by atoms with Crippen LogP contribution in [-0.4, -0.2) is 44.0 Å². The summed E-state index contributed by atoms with van der Waals surface area (Å²) in [6, 6.07) is 8.65. The number of rotatable bonds is 5. The topological polar surface area (TPSA) is 59.5 Å². The average Bonchev–Trinajstić information content (AvgIpc) is 2.62. The van der Waals surface area contributed by atoms with Crippen LogP contribution in [0, 0.1) is 0 Å². The van der Waals surface area contributed by atoms with Crippen LogP contribution in [0.3, 0.4) is 0 Å². The Bertz CT molecular complexity index is 839. The molecule has 3 rings (SSSR count). The zero-order valence-corrected chi connectivity index (χ0v) is 16.3. The average molecular weight is 419 g/mol. The van der Waals surface area contributed by atoms with E-state index >= 15 is 0 Å². The molecule has 0 amide bonds. The van der Waals surface area contributed by atoms with Gasteiger partial charge in [0.25, 0.3) is 0 Å². The lowest BCUT2D eigenvalue weighted by atomic mass is 10.2. The summed E-state index contributed by atoms with van der Waals surface area (Å²) in [6.07, 6.45) is 1.40. The fourth-order valence-corrected chi connectivity index (χ4v) is 5.09. The van der Waals surface area contributed by atoms with E-state index in [0.717, 1.165) is 10.6 Å². The first-order valence-electron chi connectivity index (χ1n) is 7.57. The highest BCUT2D eigenvalue weighted by Gasteiger charge is 2.26. The molecule has 1 fully saturated rings. The summed E-state index contributed by atoms with van der Waals surface area (Å²) in [7, 11) is -3.51. The van der Waals surface area contributed by atoms with Crippen LogP contribution < -0.4 is 0 Å². The second kappa shape index (κ2) is 8.24. The largest absolute Gasteiger partial charge is 0.379 e. The van der Waals surface area contributed by atoms with E-state index in [-0.39, 0.29) is 4.90 Å². The van der Waals surface area contributed by atoms with Crippen molar-refractivity contribution in [2.45, 2.75) is 15.7 Å². The quantitative estimate of drug-likeness (QED) is 0.692. The van der Waals surface area contributed by atoms with E-state index in [0.29, 0.717) is 42.1 Å². The standard InChI is InChI=1S/C16H16Cl2N2O3S2/c17-13-2-1-12(15(18)9-13)11-24-16-4-3-14(10-19-16)25(21,22)20-5-7-23-8-6-20/h1-4,9-10H,5-8,11H2. The number of nitrogens with zero attached hydrogens (tertiary/aromatic N) is 2. The van der Waals surface area contributed by atoms with Gasteiger partial charge in [-0.3, -0.25) is 0 Å². The number of sulfonamides is 1. The molecule has 2 heterocycles. The van der Waals surface area contributed by atoms with Gasteiger partial charge in [-0.25, -0.2) is 13.4 Å². The van der Waals surface area contributed by atoms with E-state index in [2.05, 4.69) is 4.98 Å². The lowest BCUT2D eigenvalue weighted by Crippen LogP contribution is -2.40. The maximum Gasteiger partial charge on any atom is 0.244 e. The van der Waals surface area contributed by atoms with E-state index in [4.69, 9.17) is 27.9 Å². The molecule has 1 aromatic heterocycles. The van der Waals surface area contributed by atoms with Crippen LogP contribution in [0.25, 0.3) is 0 Å². The number of hydrogen-bond donors (Lipinski definition) is 0. The summed E-state index contributed by atoms with van der Waals surface area (Å²) < 4.78 is 31.7. The Hall–Kier alpha value is -0.830.